The quantitative estimate of drug-likeness (QED) is 0.748. The zero-order chi connectivity index (χ0) is 11.5. The Morgan fingerprint density at radius 1 is 1.40 bits per heavy atom. The van der Waals surface area contributed by atoms with Crippen molar-refractivity contribution in [3.63, 3.8) is 0 Å². The minimum absolute atomic E-state index is 0.0982. The second-order valence-corrected chi connectivity index (χ2v) is 5.41. The molecule has 0 aromatic heterocycles. The molecular weight excluding hydrogens is 190 g/mol. The van der Waals surface area contributed by atoms with Gasteiger partial charge in [0.15, 0.2) is 0 Å². The molecule has 1 atom stereocenters. The van der Waals surface area contributed by atoms with Crippen LogP contribution in [0.3, 0.4) is 0 Å². The minimum atomic E-state index is -0.825. The van der Waals surface area contributed by atoms with Gasteiger partial charge in [-0.3, -0.25) is 0 Å². The van der Waals surface area contributed by atoms with E-state index < -0.39 is 5.60 Å². The third kappa shape index (κ3) is 4.22. The Morgan fingerprint density at radius 3 is 2.53 bits per heavy atom. The van der Waals surface area contributed by atoms with E-state index >= 15 is 0 Å². The molecule has 3 heteroatoms. The number of hydrogen-bond donors (Lipinski definition) is 2. The van der Waals surface area contributed by atoms with E-state index in [0.29, 0.717) is 13.0 Å². The topological polar surface area (TPSA) is 41.5 Å². The summed E-state index contributed by atoms with van der Waals surface area (Å²) in [6.07, 6.45) is 3.57. The Morgan fingerprint density at radius 2 is 2.07 bits per heavy atom. The van der Waals surface area contributed by atoms with Crippen molar-refractivity contribution in [2.45, 2.75) is 51.7 Å². The first-order chi connectivity index (χ1) is 6.81. The van der Waals surface area contributed by atoms with Gasteiger partial charge in [-0.25, -0.2) is 0 Å². The average molecular weight is 213 g/mol. The van der Waals surface area contributed by atoms with Crippen LogP contribution < -0.4 is 5.32 Å². The summed E-state index contributed by atoms with van der Waals surface area (Å²) in [5.74, 6) is 0.734. The lowest BCUT2D eigenvalue weighted by molar-refractivity contribution is 0.0269. The van der Waals surface area contributed by atoms with E-state index in [2.05, 4.69) is 26.1 Å². The summed E-state index contributed by atoms with van der Waals surface area (Å²) in [5.41, 5.74) is -0.726. The van der Waals surface area contributed by atoms with E-state index in [9.17, 15) is 5.11 Å². The van der Waals surface area contributed by atoms with Crippen LogP contribution in [0.15, 0.2) is 11.8 Å². The largest absolute Gasteiger partial charge is 0.495 e. The Balaban J connectivity index is 2.36. The van der Waals surface area contributed by atoms with Crippen molar-refractivity contribution in [3.8, 4) is 0 Å². The molecule has 1 heterocycles. The van der Waals surface area contributed by atoms with Crippen LogP contribution in [0, 0.1) is 0 Å². The maximum absolute atomic E-state index is 10.2. The second kappa shape index (κ2) is 4.54. The molecule has 0 aromatic carbocycles. The minimum Gasteiger partial charge on any atom is -0.495 e. The lowest BCUT2D eigenvalue weighted by Crippen LogP contribution is -2.40. The molecular formula is C12H23NO2. The van der Waals surface area contributed by atoms with E-state index in [-0.39, 0.29) is 5.54 Å². The standard InChI is InChI=1S/C12H23NO2/c1-11(2,3)13-8-7-12(4,14)10-6-5-9-15-10/h6,13-14H,5,7-9H2,1-4H3. The van der Waals surface area contributed by atoms with Crippen LogP contribution in [0.1, 0.15) is 40.5 Å². The molecule has 1 aliphatic heterocycles. The average Bonchev–Trinajstić information content (AvgIpc) is 2.52. The van der Waals surface area contributed by atoms with Crippen LogP contribution in [-0.4, -0.2) is 29.4 Å². The zero-order valence-corrected chi connectivity index (χ0v) is 10.3. The maximum atomic E-state index is 10.2. The van der Waals surface area contributed by atoms with Gasteiger partial charge in [0.25, 0.3) is 0 Å². The molecule has 0 amide bonds. The molecule has 15 heavy (non-hydrogen) atoms. The summed E-state index contributed by atoms with van der Waals surface area (Å²) in [5, 5.41) is 13.5. The number of ether oxygens (including phenoxy) is 1. The summed E-state index contributed by atoms with van der Waals surface area (Å²) < 4.78 is 5.38. The summed E-state index contributed by atoms with van der Waals surface area (Å²) in [4.78, 5) is 0. The molecule has 3 nitrogen and oxygen atoms in total. The Labute approximate surface area is 92.5 Å². The molecule has 1 unspecified atom stereocenters. The molecule has 0 aliphatic carbocycles. The molecule has 0 fully saturated rings. The van der Waals surface area contributed by atoms with E-state index in [1.165, 1.54) is 0 Å². The summed E-state index contributed by atoms with van der Waals surface area (Å²) in [6.45, 7) is 9.66. The van der Waals surface area contributed by atoms with Crippen molar-refractivity contribution in [2.24, 2.45) is 0 Å². The molecule has 0 saturated carbocycles. The molecule has 0 saturated heterocycles. The highest BCUT2D eigenvalue weighted by Gasteiger charge is 2.29. The first-order valence-electron chi connectivity index (χ1n) is 5.62. The highest BCUT2D eigenvalue weighted by molar-refractivity contribution is 5.11. The third-order valence-corrected chi connectivity index (χ3v) is 2.50. The van der Waals surface area contributed by atoms with Gasteiger partial charge in [0, 0.05) is 12.0 Å². The van der Waals surface area contributed by atoms with Gasteiger partial charge >= 0.3 is 0 Å². The summed E-state index contributed by atoms with van der Waals surface area (Å²) in [6, 6.07) is 0. The fraction of sp³-hybridized carbons (Fsp3) is 0.833. The van der Waals surface area contributed by atoms with Crippen molar-refractivity contribution in [1.29, 1.82) is 0 Å². The molecule has 88 valence electrons. The van der Waals surface area contributed by atoms with Gasteiger partial charge in [0.05, 0.1) is 6.61 Å². The van der Waals surface area contributed by atoms with Crippen molar-refractivity contribution in [2.75, 3.05) is 13.2 Å². The highest BCUT2D eigenvalue weighted by Crippen LogP contribution is 2.25. The van der Waals surface area contributed by atoms with Crippen molar-refractivity contribution < 1.29 is 9.84 Å². The van der Waals surface area contributed by atoms with Gasteiger partial charge in [0.1, 0.15) is 11.4 Å². The lowest BCUT2D eigenvalue weighted by atomic mass is 9.98. The van der Waals surface area contributed by atoms with E-state index in [1.54, 1.807) is 0 Å². The molecule has 1 aliphatic rings. The van der Waals surface area contributed by atoms with Crippen LogP contribution in [0.5, 0.6) is 0 Å². The van der Waals surface area contributed by atoms with Crippen molar-refractivity contribution in [3.05, 3.63) is 11.8 Å². The van der Waals surface area contributed by atoms with Crippen LogP contribution in [-0.2, 0) is 4.74 Å². The Kier molecular flexibility index (Phi) is 3.79. The summed E-state index contributed by atoms with van der Waals surface area (Å²) >= 11 is 0. The molecule has 0 radical (unpaired) electrons. The monoisotopic (exact) mass is 213 g/mol. The zero-order valence-electron chi connectivity index (χ0n) is 10.3. The maximum Gasteiger partial charge on any atom is 0.123 e. The second-order valence-electron chi connectivity index (χ2n) is 5.41. The van der Waals surface area contributed by atoms with Gasteiger partial charge in [-0.15, -0.1) is 0 Å². The van der Waals surface area contributed by atoms with E-state index in [4.69, 9.17) is 4.74 Å². The van der Waals surface area contributed by atoms with E-state index in [0.717, 1.165) is 18.7 Å². The predicted octanol–water partition coefficient (Wildman–Crippen LogP) is 1.82. The first kappa shape index (κ1) is 12.5. The van der Waals surface area contributed by atoms with Gasteiger partial charge < -0.3 is 15.2 Å². The van der Waals surface area contributed by atoms with Crippen molar-refractivity contribution in [1.82, 2.24) is 5.32 Å². The number of aliphatic hydroxyl groups is 1. The molecule has 1 rings (SSSR count). The molecule has 0 spiro atoms. The number of rotatable bonds is 4. The molecule has 0 bridgehead atoms. The molecule has 2 N–H and O–H groups in total. The Bertz CT molecular complexity index is 238. The SMILES string of the molecule is CC(C)(C)NCCC(C)(O)C1=CCCO1. The van der Waals surface area contributed by atoms with Gasteiger partial charge in [-0.1, -0.05) is 0 Å². The highest BCUT2D eigenvalue weighted by atomic mass is 16.5. The van der Waals surface area contributed by atoms with Crippen LogP contribution >= 0.6 is 0 Å². The van der Waals surface area contributed by atoms with Gasteiger partial charge in [-0.05, 0) is 46.7 Å². The van der Waals surface area contributed by atoms with Gasteiger partial charge in [0.2, 0.25) is 0 Å². The Hall–Kier alpha value is -0.540. The number of hydrogen-bond acceptors (Lipinski definition) is 3. The molecule has 0 aromatic rings. The van der Waals surface area contributed by atoms with Crippen LogP contribution in [0.25, 0.3) is 0 Å². The van der Waals surface area contributed by atoms with Gasteiger partial charge in [-0.2, -0.15) is 0 Å². The fourth-order valence-electron chi connectivity index (χ4n) is 1.60. The fourth-order valence-corrected chi connectivity index (χ4v) is 1.60. The predicted molar refractivity (Wildman–Crippen MR) is 61.6 cm³/mol. The van der Waals surface area contributed by atoms with Crippen LogP contribution in [0.2, 0.25) is 0 Å². The van der Waals surface area contributed by atoms with E-state index in [1.807, 2.05) is 13.0 Å². The lowest BCUT2D eigenvalue weighted by Gasteiger charge is -2.27. The van der Waals surface area contributed by atoms with Crippen molar-refractivity contribution >= 4 is 0 Å². The van der Waals surface area contributed by atoms with Crippen LogP contribution in [0.4, 0.5) is 0 Å². The third-order valence-electron chi connectivity index (χ3n) is 2.50. The normalized spacial score (nSPS) is 20.7. The summed E-state index contributed by atoms with van der Waals surface area (Å²) in [7, 11) is 0. The first-order valence-corrected chi connectivity index (χ1v) is 5.62. The smallest absolute Gasteiger partial charge is 0.123 e. The number of nitrogens with one attached hydrogen (secondary N) is 1.